The highest BCUT2D eigenvalue weighted by atomic mass is 16.5. The van der Waals surface area contributed by atoms with Gasteiger partial charge in [-0.2, -0.15) is 0 Å². The fraction of sp³-hybridized carbons (Fsp3) is 1.00. The first-order valence-electron chi connectivity index (χ1n) is 6.15. The number of rotatable bonds is 6. The Morgan fingerprint density at radius 1 is 1.50 bits per heavy atom. The predicted molar refractivity (Wildman–Crippen MR) is 65.6 cm³/mol. The molecular weight excluding hydrogens is 204 g/mol. The zero-order chi connectivity index (χ0) is 12.0. The molecule has 0 saturated carbocycles. The van der Waals surface area contributed by atoms with E-state index in [0.29, 0.717) is 19.0 Å². The summed E-state index contributed by atoms with van der Waals surface area (Å²) in [5, 5.41) is 13.4. The summed E-state index contributed by atoms with van der Waals surface area (Å²) < 4.78 is 5.42. The maximum Gasteiger partial charge on any atom is 0.0869 e. The second kappa shape index (κ2) is 6.55. The second-order valence-electron chi connectivity index (χ2n) is 5.45. The smallest absolute Gasteiger partial charge is 0.0869 e. The van der Waals surface area contributed by atoms with Crippen LogP contribution in [0.15, 0.2) is 0 Å². The first-order valence-corrected chi connectivity index (χ1v) is 6.15. The van der Waals surface area contributed by atoms with E-state index in [2.05, 4.69) is 5.32 Å². The number of nitrogens with zero attached hydrogens (tertiary/aromatic N) is 1. The van der Waals surface area contributed by atoms with Gasteiger partial charge >= 0.3 is 0 Å². The highest BCUT2D eigenvalue weighted by Crippen LogP contribution is 2.12. The van der Waals surface area contributed by atoms with Crippen LogP contribution in [0.1, 0.15) is 19.8 Å². The van der Waals surface area contributed by atoms with Crippen molar-refractivity contribution in [2.45, 2.75) is 25.4 Å². The van der Waals surface area contributed by atoms with Crippen molar-refractivity contribution in [3.8, 4) is 0 Å². The van der Waals surface area contributed by atoms with Crippen LogP contribution < -0.4 is 5.32 Å². The molecule has 1 aliphatic heterocycles. The van der Waals surface area contributed by atoms with Gasteiger partial charge in [-0.3, -0.25) is 0 Å². The lowest BCUT2D eigenvalue weighted by Gasteiger charge is -2.29. The SMILES string of the molecule is CN(C)CC(C)(O)CNCC1CCCOC1. The minimum Gasteiger partial charge on any atom is -0.388 e. The second-order valence-corrected chi connectivity index (χ2v) is 5.45. The van der Waals surface area contributed by atoms with Crippen LogP contribution >= 0.6 is 0 Å². The summed E-state index contributed by atoms with van der Waals surface area (Å²) in [6.07, 6.45) is 2.41. The van der Waals surface area contributed by atoms with Gasteiger partial charge in [0.15, 0.2) is 0 Å². The molecule has 1 fully saturated rings. The van der Waals surface area contributed by atoms with Gasteiger partial charge in [-0.25, -0.2) is 0 Å². The number of ether oxygens (including phenoxy) is 1. The summed E-state index contributed by atoms with van der Waals surface area (Å²) in [5.41, 5.74) is -0.654. The van der Waals surface area contributed by atoms with E-state index in [1.54, 1.807) is 0 Å². The lowest BCUT2D eigenvalue weighted by molar-refractivity contribution is 0.0259. The predicted octanol–water partition coefficient (Wildman–Crippen LogP) is 0.315. The highest BCUT2D eigenvalue weighted by Gasteiger charge is 2.21. The number of nitrogens with one attached hydrogen (secondary N) is 1. The molecule has 0 aliphatic carbocycles. The average Bonchev–Trinajstić information content (AvgIpc) is 2.16. The molecule has 0 radical (unpaired) electrons. The third-order valence-corrected chi connectivity index (χ3v) is 2.85. The van der Waals surface area contributed by atoms with Crippen LogP contribution in [0.4, 0.5) is 0 Å². The third kappa shape index (κ3) is 5.80. The number of likely N-dealkylation sites (N-methyl/N-ethyl adjacent to an activating group) is 1. The fourth-order valence-corrected chi connectivity index (χ4v) is 2.25. The Balaban J connectivity index is 2.13. The minimum absolute atomic E-state index is 0.615. The van der Waals surface area contributed by atoms with Gasteiger partial charge in [0.25, 0.3) is 0 Å². The topological polar surface area (TPSA) is 44.7 Å². The molecule has 0 aromatic heterocycles. The number of aliphatic hydroxyl groups is 1. The summed E-state index contributed by atoms with van der Waals surface area (Å²) in [6.45, 7) is 5.92. The van der Waals surface area contributed by atoms with Gasteiger partial charge in [-0.15, -0.1) is 0 Å². The number of hydrogen-bond donors (Lipinski definition) is 2. The standard InChI is InChI=1S/C12H26N2O2/c1-12(15,10-14(2)3)9-13-7-11-5-4-6-16-8-11/h11,13,15H,4-10H2,1-3H3. The zero-order valence-electron chi connectivity index (χ0n) is 10.8. The lowest BCUT2D eigenvalue weighted by atomic mass is 10.0. The van der Waals surface area contributed by atoms with Crippen molar-refractivity contribution < 1.29 is 9.84 Å². The van der Waals surface area contributed by atoms with Crippen molar-refractivity contribution >= 4 is 0 Å². The van der Waals surface area contributed by atoms with Crippen LogP contribution in [0, 0.1) is 5.92 Å². The third-order valence-electron chi connectivity index (χ3n) is 2.85. The van der Waals surface area contributed by atoms with Crippen molar-refractivity contribution in [1.82, 2.24) is 10.2 Å². The van der Waals surface area contributed by atoms with Crippen LogP contribution in [0.5, 0.6) is 0 Å². The largest absolute Gasteiger partial charge is 0.388 e. The van der Waals surface area contributed by atoms with Crippen molar-refractivity contribution in [3.05, 3.63) is 0 Å². The van der Waals surface area contributed by atoms with Gasteiger partial charge < -0.3 is 20.1 Å². The highest BCUT2D eigenvalue weighted by molar-refractivity contribution is 4.79. The van der Waals surface area contributed by atoms with Gasteiger partial charge in [0.1, 0.15) is 0 Å². The van der Waals surface area contributed by atoms with E-state index < -0.39 is 5.60 Å². The molecule has 16 heavy (non-hydrogen) atoms. The Morgan fingerprint density at radius 3 is 2.81 bits per heavy atom. The Kier molecular flexibility index (Phi) is 5.69. The normalized spacial score (nSPS) is 25.7. The van der Waals surface area contributed by atoms with E-state index in [4.69, 9.17) is 4.74 Å². The van der Waals surface area contributed by atoms with Crippen molar-refractivity contribution in [2.24, 2.45) is 5.92 Å². The molecule has 4 heteroatoms. The molecule has 1 heterocycles. The van der Waals surface area contributed by atoms with E-state index in [1.165, 1.54) is 12.8 Å². The molecule has 2 unspecified atom stereocenters. The maximum absolute atomic E-state index is 10.1. The first kappa shape index (κ1) is 13.9. The van der Waals surface area contributed by atoms with E-state index >= 15 is 0 Å². The van der Waals surface area contributed by atoms with Gasteiger partial charge in [-0.05, 0) is 39.8 Å². The van der Waals surface area contributed by atoms with Crippen LogP contribution in [0.2, 0.25) is 0 Å². The minimum atomic E-state index is -0.654. The molecule has 1 saturated heterocycles. The van der Waals surface area contributed by atoms with E-state index in [9.17, 15) is 5.11 Å². The Morgan fingerprint density at radius 2 is 2.25 bits per heavy atom. The monoisotopic (exact) mass is 230 g/mol. The van der Waals surface area contributed by atoms with Gasteiger partial charge in [0, 0.05) is 26.2 Å². The Bertz CT molecular complexity index is 189. The van der Waals surface area contributed by atoms with E-state index in [0.717, 1.165) is 19.8 Å². The Labute approximate surface area is 99.0 Å². The van der Waals surface area contributed by atoms with E-state index in [1.807, 2.05) is 25.9 Å². The molecule has 1 aliphatic rings. The zero-order valence-corrected chi connectivity index (χ0v) is 10.8. The van der Waals surface area contributed by atoms with Gasteiger partial charge in [0.2, 0.25) is 0 Å². The summed E-state index contributed by atoms with van der Waals surface area (Å²) in [7, 11) is 3.95. The molecule has 1 rings (SSSR count). The van der Waals surface area contributed by atoms with Gasteiger partial charge in [0.05, 0.1) is 12.2 Å². The van der Waals surface area contributed by atoms with Crippen LogP contribution in [-0.2, 0) is 4.74 Å². The molecule has 0 aromatic rings. The first-order chi connectivity index (χ1) is 7.49. The molecule has 96 valence electrons. The number of hydrogen-bond acceptors (Lipinski definition) is 4. The molecule has 2 atom stereocenters. The summed E-state index contributed by atoms with van der Waals surface area (Å²) in [5.74, 6) is 0.615. The Hall–Kier alpha value is -0.160. The lowest BCUT2D eigenvalue weighted by Crippen LogP contribution is -2.46. The van der Waals surface area contributed by atoms with Crippen LogP contribution in [0.25, 0.3) is 0 Å². The average molecular weight is 230 g/mol. The van der Waals surface area contributed by atoms with Gasteiger partial charge in [-0.1, -0.05) is 0 Å². The molecule has 4 nitrogen and oxygen atoms in total. The molecule has 2 N–H and O–H groups in total. The molecular formula is C12H26N2O2. The van der Waals surface area contributed by atoms with Crippen molar-refractivity contribution in [2.75, 3.05) is 46.9 Å². The van der Waals surface area contributed by atoms with Crippen LogP contribution in [-0.4, -0.2) is 62.6 Å². The quantitative estimate of drug-likeness (QED) is 0.689. The fourth-order valence-electron chi connectivity index (χ4n) is 2.25. The summed E-state index contributed by atoms with van der Waals surface area (Å²) >= 11 is 0. The molecule has 0 aromatic carbocycles. The van der Waals surface area contributed by atoms with Crippen molar-refractivity contribution in [3.63, 3.8) is 0 Å². The van der Waals surface area contributed by atoms with Crippen molar-refractivity contribution in [1.29, 1.82) is 0 Å². The van der Waals surface area contributed by atoms with Crippen LogP contribution in [0.3, 0.4) is 0 Å². The molecule has 0 spiro atoms. The molecule has 0 amide bonds. The maximum atomic E-state index is 10.1. The van der Waals surface area contributed by atoms with E-state index in [-0.39, 0.29) is 0 Å². The summed E-state index contributed by atoms with van der Waals surface area (Å²) in [6, 6.07) is 0. The summed E-state index contributed by atoms with van der Waals surface area (Å²) in [4.78, 5) is 2.01. The molecule has 0 bridgehead atoms.